The molecule has 2 aliphatic rings. The van der Waals surface area contributed by atoms with Gasteiger partial charge in [0.1, 0.15) is 6.54 Å². The summed E-state index contributed by atoms with van der Waals surface area (Å²) in [5.74, 6) is -0.198. The number of ether oxygens (including phenoxy) is 1. The monoisotopic (exact) mass is 455 g/mol. The van der Waals surface area contributed by atoms with E-state index in [1.165, 1.54) is 27.0 Å². The maximum absolute atomic E-state index is 13.1. The zero-order chi connectivity index (χ0) is 22.1. The first-order valence-corrected chi connectivity index (χ1v) is 12.4. The first-order valence-electron chi connectivity index (χ1n) is 9.96. The summed E-state index contributed by atoms with van der Waals surface area (Å²) in [6.45, 7) is 8.57. The zero-order valence-corrected chi connectivity index (χ0v) is 19.4. The Hall–Kier alpha value is -1.62. The van der Waals surface area contributed by atoms with E-state index in [4.69, 9.17) is 4.74 Å². The summed E-state index contributed by atoms with van der Waals surface area (Å²) < 4.78 is 32.9. The molecular formula is C20H29N3O5S2. The number of nitrogens with zero attached hydrogens (tertiary/aromatic N) is 2. The average molecular weight is 456 g/mol. The van der Waals surface area contributed by atoms with Crippen molar-refractivity contribution in [1.29, 1.82) is 0 Å². The van der Waals surface area contributed by atoms with E-state index in [9.17, 15) is 18.0 Å². The third-order valence-corrected chi connectivity index (χ3v) is 8.04. The van der Waals surface area contributed by atoms with Crippen LogP contribution in [0.5, 0.6) is 0 Å². The molecule has 2 amide bonds. The fraction of sp³-hybridized carbons (Fsp3) is 0.600. The summed E-state index contributed by atoms with van der Waals surface area (Å²) in [5.41, 5.74) is 0.0317. The second-order valence-corrected chi connectivity index (χ2v) is 11.6. The number of morpholine rings is 1. The number of hydrogen-bond acceptors (Lipinski definition) is 6. The molecule has 1 unspecified atom stereocenters. The Bertz CT molecular complexity index is 921. The van der Waals surface area contributed by atoms with Crippen LogP contribution >= 0.6 is 11.8 Å². The number of thioether (sulfide) groups is 1. The molecule has 1 saturated heterocycles. The Labute approximate surface area is 182 Å². The van der Waals surface area contributed by atoms with Gasteiger partial charge >= 0.3 is 0 Å². The maximum Gasteiger partial charge on any atom is 0.243 e. The molecule has 166 valence electrons. The number of fused-ring (bicyclic) bond motifs is 1. The van der Waals surface area contributed by atoms with E-state index in [1.807, 2.05) is 27.7 Å². The third kappa shape index (κ3) is 5.16. The zero-order valence-electron chi connectivity index (χ0n) is 17.8. The molecule has 0 bridgehead atoms. The molecule has 1 aromatic rings. The largest absolute Gasteiger partial charge is 0.379 e. The van der Waals surface area contributed by atoms with Gasteiger partial charge in [0.25, 0.3) is 0 Å². The van der Waals surface area contributed by atoms with Crippen molar-refractivity contribution in [3.8, 4) is 0 Å². The molecule has 0 aliphatic carbocycles. The maximum atomic E-state index is 13.1. The number of carbonyl (C=O) groups excluding carboxylic acids is 2. The van der Waals surface area contributed by atoms with Crippen molar-refractivity contribution in [2.75, 3.05) is 43.5 Å². The number of carbonyl (C=O) groups is 2. The lowest BCUT2D eigenvalue weighted by Gasteiger charge is -2.28. The lowest BCUT2D eigenvalue weighted by Crippen LogP contribution is -2.48. The van der Waals surface area contributed by atoms with E-state index in [0.29, 0.717) is 37.7 Å². The van der Waals surface area contributed by atoms with E-state index in [0.717, 1.165) is 4.90 Å². The van der Waals surface area contributed by atoms with E-state index in [2.05, 4.69) is 5.32 Å². The lowest BCUT2D eigenvalue weighted by molar-refractivity contribution is -0.126. The number of anilines is 1. The van der Waals surface area contributed by atoms with Gasteiger partial charge in [0, 0.05) is 35.2 Å². The van der Waals surface area contributed by atoms with Crippen molar-refractivity contribution >= 4 is 39.3 Å². The highest BCUT2D eigenvalue weighted by Gasteiger charge is 2.33. The second-order valence-electron chi connectivity index (χ2n) is 8.58. The van der Waals surface area contributed by atoms with E-state index < -0.39 is 15.6 Å². The normalized spacial score (nSPS) is 21.1. The van der Waals surface area contributed by atoms with Crippen LogP contribution in [-0.4, -0.2) is 68.7 Å². The number of hydrogen-bond donors (Lipinski definition) is 1. The van der Waals surface area contributed by atoms with Crippen molar-refractivity contribution < 1.29 is 22.7 Å². The fourth-order valence-corrected chi connectivity index (χ4v) is 5.84. The lowest BCUT2D eigenvalue weighted by atomic mass is 10.1. The molecule has 2 heterocycles. The minimum atomic E-state index is -3.71. The van der Waals surface area contributed by atoms with Crippen LogP contribution in [0.3, 0.4) is 0 Å². The second kappa shape index (κ2) is 8.86. The van der Waals surface area contributed by atoms with E-state index in [-0.39, 0.29) is 29.2 Å². The van der Waals surface area contributed by atoms with E-state index >= 15 is 0 Å². The van der Waals surface area contributed by atoms with Crippen LogP contribution in [0.15, 0.2) is 28.0 Å². The summed E-state index contributed by atoms with van der Waals surface area (Å²) in [6.07, 6.45) is 0. The average Bonchev–Trinajstić information content (AvgIpc) is 2.79. The molecule has 2 aliphatic heterocycles. The fourth-order valence-electron chi connectivity index (χ4n) is 3.36. The number of amides is 2. The van der Waals surface area contributed by atoms with Gasteiger partial charge in [0.15, 0.2) is 0 Å². The van der Waals surface area contributed by atoms with Crippen molar-refractivity contribution in [2.45, 2.75) is 43.0 Å². The quantitative estimate of drug-likeness (QED) is 0.742. The molecule has 30 heavy (non-hydrogen) atoms. The summed E-state index contributed by atoms with van der Waals surface area (Å²) in [7, 11) is -3.71. The molecule has 8 nitrogen and oxygen atoms in total. The van der Waals surface area contributed by atoms with Gasteiger partial charge in [-0.2, -0.15) is 4.31 Å². The molecule has 1 atom stereocenters. The molecule has 1 aromatic carbocycles. The Morgan fingerprint density at radius 3 is 2.57 bits per heavy atom. The highest BCUT2D eigenvalue weighted by Crippen LogP contribution is 2.38. The van der Waals surface area contributed by atoms with Gasteiger partial charge in [-0.3, -0.25) is 9.59 Å². The first kappa shape index (κ1) is 23.1. The van der Waals surface area contributed by atoms with Crippen LogP contribution in [-0.2, 0) is 24.3 Å². The highest BCUT2D eigenvalue weighted by atomic mass is 32.2. The van der Waals surface area contributed by atoms with Crippen LogP contribution in [0.25, 0.3) is 0 Å². The molecular weight excluding hydrogens is 426 g/mol. The number of sulfonamides is 1. The van der Waals surface area contributed by atoms with Gasteiger partial charge in [0.2, 0.25) is 21.8 Å². The predicted octanol–water partition coefficient (Wildman–Crippen LogP) is 1.70. The molecule has 0 radical (unpaired) electrons. The van der Waals surface area contributed by atoms with Gasteiger partial charge in [-0.15, -0.1) is 11.8 Å². The topological polar surface area (TPSA) is 96.0 Å². The Kier molecular flexibility index (Phi) is 6.81. The highest BCUT2D eigenvalue weighted by molar-refractivity contribution is 7.99. The minimum Gasteiger partial charge on any atom is -0.379 e. The number of rotatable bonds is 4. The van der Waals surface area contributed by atoms with Gasteiger partial charge in [-0.05, 0) is 39.0 Å². The van der Waals surface area contributed by atoms with Gasteiger partial charge in [-0.1, -0.05) is 6.92 Å². The molecule has 10 heteroatoms. The van der Waals surface area contributed by atoms with E-state index in [1.54, 1.807) is 12.1 Å². The minimum absolute atomic E-state index is 0.118. The van der Waals surface area contributed by atoms with Crippen molar-refractivity contribution in [3.63, 3.8) is 0 Å². The Balaban J connectivity index is 1.98. The molecule has 0 saturated carbocycles. The van der Waals surface area contributed by atoms with Gasteiger partial charge < -0.3 is 15.0 Å². The smallest absolute Gasteiger partial charge is 0.243 e. The van der Waals surface area contributed by atoms with Gasteiger partial charge in [0.05, 0.1) is 23.8 Å². The van der Waals surface area contributed by atoms with Crippen LogP contribution in [0.2, 0.25) is 0 Å². The predicted molar refractivity (Wildman–Crippen MR) is 116 cm³/mol. The standard InChI is InChI=1S/C20H29N3O5S2/c1-14-13-29-17-6-5-15(30(26,27)22-7-9-28-10-8-22)11-16(17)23(19(14)25)12-18(24)21-20(2,3)4/h5-6,11,14H,7-10,12-13H2,1-4H3,(H,21,24). The van der Waals surface area contributed by atoms with Gasteiger partial charge in [-0.25, -0.2) is 8.42 Å². The number of benzene rings is 1. The summed E-state index contributed by atoms with van der Waals surface area (Å²) in [6, 6.07) is 4.82. The van der Waals surface area contributed by atoms with Crippen LogP contribution in [0, 0.1) is 5.92 Å². The third-order valence-electron chi connectivity index (χ3n) is 4.82. The molecule has 1 N–H and O–H groups in total. The SMILES string of the molecule is CC1CSc2ccc(S(=O)(=O)N3CCOCC3)cc2N(CC(=O)NC(C)(C)C)C1=O. The van der Waals surface area contributed by atoms with Crippen molar-refractivity contribution in [3.05, 3.63) is 18.2 Å². The summed E-state index contributed by atoms with van der Waals surface area (Å²) in [5, 5.41) is 2.87. The van der Waals surface area contributed by atoms with Crippen LogP contribution < -0.4 is 10.2 Å². The Morgan fingerprint density at radius 1 is 1.27 bits per heavy atom. The van der Waals surface area contributed by atoms with Crippen molar-refractivity contribution in [2.24, 2.45) is 5.92 Å². The van der Waals surface area contributed by atoms with Crippen LogP contribution in [0.1, 0.15) is 27.7 Å². The molecule has 0 aromatic heterocycles. The molecule has 0 spiro atoms. The Morgan fingerprint density at radius 2 is 1.93 bits per heavy atom. The summed E-state index contributed by atoms with van der Waals surface area (Å²) in [4.78, 5) is 27.9. The first-order chi connectivity index (χ1) is 14.0. The molecule has 1 fully saturated rings. The number of nitrogens with one attached hydrogen (secondary N) is 1. The summed E-state index contributed by atoms with van der Waals surface area (Å²) >= 11 is 1.50. The molecule has 3 rings (SSSR count). The van der Waals surface area contributed by atoms with Crippen molar-refractivity contribution in [1.82, 2.24) is 9.62 Å². The van der Waals surface area contributed by atoms with Crippen LogP contribution in [0.4, 0.5) is 5.69 Å².